The van der Waals surface area contributed by atoms with E-state index in [0.29, 0.717) is 13.2 Å². The summed E-state index contributed by atoms with van der Waals surface area (Å²) < 4.78 is 5.55. The minimum Gasteiger partial charge on any atom is -0.375 e. The molecule has 0 bridgehead atoms. The number of amides is 1. The van der Waals surface area contributed by atoms with Crippen molar-refractivity contribution in [3.8, 4) is 0 Å². The van der Waals surface area contributed by atoms with Gasteiger partial charge < -0.3 is 15.4 Å². The summed E-state index contributed by atoms with van der Waals surface area (Å²) >= 11 is 0. The van der Waals surface area contributed by atoms with Crippen molar-refractivity contribution in [2.45, 2.75) is 59.2 Å². The Hall–Kier alpha value is -0.610. The molecule has 96 valence electrons. The molecule has 0 aromatic rings. The van der Waals surface area contributed by atoms with Gasteiger partial charge in [-0.1, -0.05) is 0 Å². The molecule has 0 radical (unpaired) electrons. The molecule has 1 amide bonds. The molecule has 0 saturated carbocycles. The highest BCUT2D eigenvalue weighted by molar-refractivity contribution is 5.81. The van der Waals surface area contributed by atoms with Crippen LogP contribution >= 0.6 is 0 Å². The van der Waals surface area contributed by atoms with Crippen molar-refractivity contribution in [3.63, 3.8) is 0 Å². The summed E-state index contributed by atoms with van der Waals surface area (Å²) in [6, 6.07) is -0.0150. The third-order valence-electron chi connectivity index (χ3n) is 2.19. The van der Waals surface area contributed by atoms with Crippen LogP contribution in [0.3, 0.4) is 0 Å². The summed E-state index contributed by atoms with van der Waals surface area (Å²) in [6.45, 7) is 13.1. The average molecular weight is 230 g/mol. The Morgan fingerprint density at radius 1 is 1.31 bits per heavy atom. The van der Waals surface area contributed by atoms with Gasteiger partial charge in [0.25, 0.3) is 0 Å². The van der Waals surface area contributed by atoms with E-state index in [0.717, 1.165) is 0 Å². The largest absolute Gasteiger partial charge is 0.375 e. The fourth-order valence-corrected chi connectivity index (χ4v) is 1.34. The number of ether oxygens (including phenoxy) is 1. The van der Waals surface area contributed by atoms with E-state index < -0.39 is 0 Å². The molecule has 0 aliphatic rings. The van der Waals surface area contributed by atoms with Gasteiger partial charge in [-0.3, -0.25) is 4.79 Å². The molecule has 0 aliphatic carbocycles. The van der Waals surface area contributed by atoms with Crippen molar-refractivity contribution in [2.24, 2.45) is 0 Å². The molecule has 1 unspecified atom stereocenters. The predicted octanol–water partition coefficient (Wildman–Crippen LogP) is 1.30. The van der Waals surface area contributed by atoms with Crippen LogP contribution in [0.4, 0.5) is 0 Å². The van der Waals surface area contributed by atoms with Gasteiger partial charge >= 0.3 is 0 Å². The molecule has 0 fully saturated rings. The molecule has 0 aromatic heterocycles. The van der Waals surface area contributed by atoms with E-state index in [1.165, 1.54) is 0 Å². The van der Waals surface area contributed by atoms with Gasteiger partial charge in [0.2, 0.25) is 5.91 Å². The SMILES string of the molecule is CCOC(C)(C)CNC(C)C(=O)NC(C)C. The van der Waals surface area contributed by atoms with Gasteiger partial charge in [-0.05, 0) is 41.5 Å². The van der Waals surface area contributed by atoms with Crippen molar-refractivity contribution < 1.29 is 9.53 Å². The van der Waals surface area contributed by atoms with Crippen molar-refractivity contribution in [2.75, 3.05) is 13.2 Å². The van der Waals surface area contributed by atoms with Gasteiger partial charge in [-0.15, -0.1) is 0 Å². The molecule has 0 aromatic carbocycles. The fourth-order valence-electron chi connectivity index (χ4n) is 1.34. The van der Waals surface area contributed by atoms with Crippen LogP contribution in [-0.2, 0) is 9.53 Å². The first-order valence-electron chi connectivity index (χ1n) is 5.96. The van der Waals surface area contributed by atoms with Gasteiger partial charge in [0.1, 0.15) is 0 Å². The Balaban J connectivity index is 3.96. The summed E-state index contributed by atoms with van der Waals surface area (Å²) in [5.74, 6) is 0.0299. The van der Waals surface area contributed by atoms with Crippen LogP contribution in [0.25, 0.3) is 0 Å². The lowest BCUT2D eigenvalue weighted by molar-refractivity contribution is -0.123. The van der Waals surface area contributed by atoms with E-state index in [1.54, 1.807) is 0 Å². The second-order valence-electron chi connectivity index (χ2n) is 4.96. The maximum absolute atomic E-state index is 11.6. The summed E-state index contributed by atoms with van der Waals surface area (Å²) in [7, 11) is 0. The van der Waals surface area contributed by atoms with Gasteiger partial charge in [0.05, 0.1) is 11.6 Å². The Morgan fingerprint density at radius 2 is 1.88 bits per heavy atom. The zero-order valence-corrected chi connectivity index (χ0v) is 11.4. The third-order valence-corrected chi connectivity index (χ3v) is 2.19. The van der Waals surface area contributed by atoms with Gasteiger partial charge in [-0.25, -0.2) is 0 Å². The molecule has 16 heavy (non-hydrogen) atoms. The monoisotopic (exact) mass is 230 g/mol. The topological polar surface area (TPSA) is 50.4 Å². The van der Waals surface area contributed by atoms with E-state index >= 15 is 0 Å². The van der Waals surface area contributed by atoms with Crippen LogP contribution in [0.1, 0.15) is 41.5 Å². The number of hydrogen-bond acceptors (Lipinski definition) is 3. The van der Waals surface area contributed by atoms with Crippen molar-refractivity contribution in [1.82, 2.24) is 10.6 Å². The lowest BCUT2D eigenvalue weighted by Crippen LogP contribution is -2.49. The molecule has 0 aliphatic heterocycles. The van der Waals surface area contributed by atoms with Crippen LogP contribution in [0.15, 0.2) is 0 Å². The molecule has 0 rings (SSSR count). The van der Waals surface area contributed by atoms with E-state index in [-0.39, 0.29) is 23.6 Å². The first-order chi connectivity index (χ1) is 7.28. The zero-order valence-electron chi connectivity index (χ0n) is 11.4. The molecular formula is C12H26N2O2. The van der Waals surface area contributed by atoms with Crippen LogP contribution in [0.2, 0.25) is 0 Å². The fraction of sp³-hybridized carbons (Fsp3) is 0.917. The molecule has 4 nitrogen and oxygen atoms in total. The minimum atomic E-state index is -0.235. The molecule has 4 heteroatoms. The Labute approximate surface area is 99.1 Å². The third kappa shape index (κ3) is 6.80. The normalized spacial score (nSPS) is 13.9. The number of rotatable bonds is 7. The summed E-state index contributed by atoms with van der Waals surface area (Å²) in [5, 5.41) is 6.04. The van der Waals surface area contributed by atoms with Crippen LogP contribution in [-0.4, -0.2) is 36.7 Å². The highest BCUT2D eigenvalue weighted by atomic mass is 16.5. The summed E-state index contributed by atoms with van der Waals surface area (Å²) in [5.41, 5.74) is -0.235. The minimum absolute atomic E-state index is 0.0299. The molecule has 2 N–H and O–H groups in total. The highest BCUT2D eigenvalue weighted by Crippen LogP contribution is 2.07. The van der Waals surface area contributed by atoms with Crippen LogP contribution in [0.5, 0.6) is 0 Å². The lowest BCUT2D eigenvalue weighted by Gasteiger charge is -2.27. The van der Waals surface area contributed by atoms with Crippen LogP contribution in [0, 0.1) is 0 Å². The Kier molecular flexibility index (Phi) is 6.60. The second-order valence-corrected chi connectivity index (χ2v) is 4.96. The maximum atomic E-state index is 11.6. The summed E-state index contributed by atoms with van der Waals surface area (Å²) in [4.78, 5) is 11.6. The van der Waals surface area contributed by atoms with E-state index in [2.05, 4.69) is 10.6 Å². The second kappa shape index (κ2) is 6.86. The van der Waals surface area contributed by atoms with E-state index in [4.69, 9.17) is 4.74 Å². The van der Waals surface area contributed by atoms with Crippen molar-refractivity contribution in [3.05, 3.63) is 0 Å². The number of carbonyl (C=O) groups excluding carboxylic acids is 1. The quantitative estimate of drug-likeness (QED) is 0.693. The lowest BCUT2D eigenvalue weighted by atomic mass is 10.1. The number of carbonyl (C=O) groups is 1. The molecule has 0 saturated heterocycles. The standard InChI is InChI=1S/C12H26N2O2/c1-7-16-12(5,6)8-13-10(4)11(15)14-9(2)3/h9-10,13H,7-8H2,1-6H3,(H,14,15). The first kappa shape index (κ1) is 15.4. The van der Waals surface area contributed by atoms with E-state index in [1.807, 2.05) is 41.5 Å². The summed E-state index contributed by atoms with van der Waals surface area (Å²) in [6.07, 6.45) is 0. The zero-order chi connectivity index (χ0) is 12.8. The Bertz CT molecular complexity index is 215. The number of hydrogen-bond donors (Lipinski definition) is 2. The predicted molar refractivity (Wildman–Crippen MR) is 66.4 cm³/mol. The Morgan fingerprint density at radius 3 is 2.31 bits per heavy atom. The molecule has 0 spiro atoms. The molecule has 0 heterocycles. The first-order valence-corrected chi connectivity index (χ1v) is 5.96. The van der Waals surface area contributed by atoms with Crippen LogP contribution < -0.4 is 10.6 Å². The van der Waals surface area contributed by atoms with Gasteiger partial charge in [-0.2, -0.15) is 0 Å². The van der Waals surface area contributed by atoms with Crippen molar-refractivity contribution >= 4 is 5.91 Å². The van der Waals surface area contributed by atoms with Crippen molar-refractivity contribution in [1.29, 1.82) is 0 Å². The maximum Gasteiger partial charge on any atom is 0.237 e. The highest BCUT2D eigenvalue weighted by Gasteiger charge is 2.20. The van der Waals surface area contributed by atoms with E-state index in [9.17, 15) is 4.79 Å². The molecule has 1 atom stereocenters. The van der Waals surface area contributed by atoms with Gasteiger partial charge in [0, 0.05) is 19.2 Å². The average Bonchev–Trinajstić information content (AvgIpc) is 2.13. The number of nitrogens with one attached hydrogen (secondary N) is 2. The smallest absolute Gasteiger partial charge is 0.237 e. The molecular weight excluding hydrogens is 204 g/mol. The van der Waals surface area contributed by atoms with Gasteiger partial charge in [0.15, 0.2) is 0 Å².